The van der Waals surface area contributed by atoms with Crippen molar-refractivity contribution >= 4 is 23.4 Å². The molecular formula is C15H12FNO4S. The summed E-state index contributed by atoms with van der Waals surface area (Å²) in [5.41, 5.74) is 0.442. The first-order valence-electron chi connectivity index (χ1n) is 6.25. The van der Waals surface area contributed by atoms with E-state index in [0.29, 0.717) is 10.5 Å². The molecule has 0 unspecified atom stereocenters. The van der Waals surface area contributed by atoms with Crippen LogP contribution in [-0.2, 0) is 11.3 Å². The second-order valence-corrected chi connectivity index (χ2v) is 5.20. The van der Waals surface area contributed by atoms with Gasteiger partial charge < -0.3 is 4.74 Å². The van der Waals surface area contributed by atoms with Crippen LogP contribution in [0, 0.1) is 15.9 Å². The lowest BCUT2D eigenvalue weighted by Gasteiger charge is -2.06. The van der Waals surface area contributed by atoms with Crippen molar-refractivity contribution < 1.29 is 18.8 Å². The van der Waals surface area contributed by atoms with Crippen molar-refractivity contribution in [2.75, 3.05) is 6.26 Å². The summed E-state index contributed by atoms with van der Waals surface area (Å²) in [6.07, 6.45) is 1.71. The summed E-state index contributed by atoms with van der Waals surface area (Å²) in [6.45, 7) is -0.103. The molecule has 0 N–H and O–H groups in total. The molecule has 0 amide bonds. The van der Waals surface area contributed by atoms with Crippen LogP contribution in [0.1, 0.15) is 15.9 Å². The van der Waals surface area contributed by atoms with Gasteiger partial charge in [-0.3, -0.25) is 10.1 Å². The van der Waals surface area contributed by atoms with Gasteiger partial charge in [-0.1, -0.05) is 12.1 Å². The molecule has 0 saturated carbocycles. The Kier molecular flexibility index (Phi) is 5.11. The molecule has 0 bridgehead atoms. The van der Waals surface area contributed by atoms with Crippen molar-refractivity contribution in [3.63, 3.8) is 0 Å². The molecule has 0 aliphatic carbocycles. The Morgan fingerprint density at radius 3 is 2.73 bits per heavy atom. The van der Waals surface area contributed by atoms with Crippen LogP contribution in [0.25, 0.3) is 0 Å². The second-order valence-electron chi connectivity index (χ2n) is 4.35. The molecular weight excluding hydrogens is 309 g/mol. The number of halogens is 1. The highest BCUT2D eigenvalue weighted by atomic mass is 32.2. The number of benzene rings is 2. The second kappa shape index (κ2) is 7.04. The number of carbonyl (C=O) groups is 1. The molecule has 0 saturated heterocycles. The van der Waals surface area contributed by atoms with Gasteiger partial charge in [0.25, 0.3) is 5.69 Å². The molecule has 2 aromatic carbocycles. The summed E-state index contributed by atoms with van der Waals surface area (Å²) in [4.78, 5) is 22.8. The summed E-state index contributed by atoms with van der Waals surface area (Å²) >= 11 is 1.22. The Hall–Kier alpha value is -2.41. The van der Waals surface area contributed by atoms with Gasteiger partial charge >= 0.3 is 5.97 Å². The van der Waals surface area contributed by atoms with Crippen LogP contribution in [0.15, 0.2) is 47.4 Å². The summed E-state index contributed by atoms with van der Waals surface area (Å²) < 4.78 is 18.1. The van der Waals surface area contributed by atoms with Gasteiger partial charge in [0.05, 0.1) is 15.4 Å². The lowest BCUT2D eigenvalue weighted by molar-refractivity contribution is -0.387. The SMILES string of the molecule is CSc1ccc(C(=O)OCc2cccc(F)c2)cc1[N+](=O)[O-]. The largest absolute Gasteiger partial charge is 0.457 e. The first kappa shape index (κ1) is 16.0. The first-order chi connectivity index (χ1) is 10.5. The monoisotopic (exact) mass is 321 g/mol. The fraction of sp³-hybridized carbons (Fsp3) is 0.133. The van der Waals surface area contributed by atoms with Crippen molar-refractivity contribution in [1.29, 1.82) is 0 Å². The molecule has 22 heavy (non-hydrogen) atoms. The van der Waals surface area contributed by atoms with Crippen LogP contribution in [0.5, 0.6) is 0 Å². The number of ether oxygens (including phenoxy) is 1. The van der Waals surface area contributed by atoms with Gasteiger partial charge in [-0.15, -0.1) is 11.8 Å². The molecule has 0 fully saturated rings. The molecule has 0 aromatic heterocycles. The van der Waals surface area contributed by atoms with Crippen LogP contribution in [0.2, 0.25) is 0 Å². The Morgan fingerprint density at radius 2 is 2.09 bits per heavy atom. The van der Waals surface area contributed by atoms with E-state index in [9.17, 15) is 19.3 Å². The molecule has 114 valence electrons. The van der Waals surface area contributed by atoms with E-state index >= 15 is 0 Å². The van der Waals surface area contributed by atoms with E-state index in [1.54, 1.807) is 12.3 Å². The third-order valence-corrected chi connectivity index (χ3v) is 3.66. The normalized spacial score (nSPS) is 10.3. The van der Waals surface area contributed by atoms with Crippen molar-refractivity contribution in [1.82, 2.24) is 0 Å². The quantitative estimate of drug-likeness (QED) is 0.362. The van der Waals surface area contributed by atoms with Crippen molar-refractivity contribution in [2.45, 2.75) is 11.5 Å². The van der Waals surface area contributed by atoms with Crippen LogP contribution in [-0.4, -0.2) is 17.1 Å². The highest BCUT2D eigenvalue weighted by Crippen LogP contribution is 2.28. The minimum Gasteiger partial charge on any atom is -0.457 e. The van der Waals surface area contributed by atoms with Gasteiger partial charge in [-0.2, -0.15) is 0 Å². The van der Waals surface area contributed by atoms with Crippen molar-refractivity contribution in [3.05, 3.63) is 69.5 Å². The average Bonchev–Trinajstić information content (AvgIpc) is 2.52. The lowest BCUT2D eigenvalue weighted by Crippen LogP contribution is -2.06. The number of hydrogen-bond acceptors (Lipinski definition) is 5. The average molecular weight is 321 g/mol. The summed E-state index contributed by atoms with van der Waals surface area (Å²) in [7, 11) is 0. The lowest BCUT2D eigenvalue weighted by atomic mass is 10.2. The molecule has 0 heterocycles. The fourth-order valence-corrected chi connectivity index (χ4v) is 2.37. The molecule has 2 aromatic rings. The van der Waals surface area contributed by atoms with Crippen molar-refractivity contribution in [3.8, 4) is 0 Å². The zero-order valence-corrected chi connectivity index (χ0v) is 12.4. The first-order valence-corrected chi connectivity index (χ1v) is 7.47. The van der Waals surface area contributed by atoms with E-state index in [4.69, 9.17) is 4.74 Å². The van der Waals surface area contributed by atoms with E-state index < -0.39 is 16.7 Å². The number of thioether (sulfide) groups is 1. The van der Waals surface area contributed by atoms with Gasteiger partial charge in [-0.25, -0.2) is 9.18 Å². The zero-order valence-electron chi connectivity index (χ0n) is 11.6. The summed E-state index contributed by atoms with van der Waals surface area (Å²) in [6, 6.07) is 9.82. The minimum atomic E-state index is -0.694. The number of nitro benzene ring substituents is 1. The minimum absolute atomic E-state index is 0.0842. The van der Waals surface area contributed by atoms with E-state index in [1.807, 2.05) is 0 Å². The molecule has 0 aliphatic rings. The Morgan fingerprint density at radius 1 is 1.32 bits per heavy atom. The van der Waals surface area contributed by atoms with E-state index in [2.05, 4.69) is 0 Å². The molecule has 5 nitrogen and oxygen atoms in total. The maximum Gasteiger partial charge on any atom is 0.338 e. The van der Waals surface area contributed by atoms with Crippen LogP contribution in [0.3, 0.4) is 0 Å². The molecule has 0 aliphatic heterocycles. The maximum absolute atomic E-state index is 13.0. The molecule has 7 heteroatoms. The highest BCUT2D eigenvalue weighted by Gasteiger charge is 2.17. The molecule has 0 radical (unpaired) electrons. The smallest absolute Gasteiger partial charge is 0.338 e. The third kappa shape index (κ3) is 3.82. The maximum atomic E-state index is 13.0. The number of hydrogen-bond donors (Lipinski definition) is 0. The fourth-order valence-electron chi connectivity index (χ4n) is 1.82. The van der Waals surface area contributed by atoms with Crippen molar-refractivity contribution in [2.24, 2.45) is 0 Å². The Balaban J connectivity index is 2.12. The Bertz CT molecular complexity index is 720. The predicted octanol–water partition coefficient (Wildman–Crippen LogP) is 3.81. The predicted molar refractivity (Wildman–Crippen MR) is 80.4 cm³/mol. The van der Waals surface area contributed by atoms with E-state index in [1.165, 1.54) is 48.2 Å². The van der Waals surface area contributed by atoms with E-state index in [0.717, 1.165) is 0 Å². The zero-order chi connectivity index (χ0) is 16.1. The molecule has 0 spiro atoms. The standard InChI is InChI=1S/C15H12FNO4S/c1-22-14-6-5-11(8-13(14)17(19)20)15(18)21-9-10-3-2-4-12(16)7-10/h2-8H,9H2,1H3. The molecule has 2 rings (SSSR count). The number of nitrogens with zero attached hydrogens (tertiary/aromatic N) is 1. The Labute approximate surface area is 130 Å². The van der Waals surface area contributed by atoms with Gasteiger partial charge in [0, 0.05) is 6.07 Å². The summed E-state index contributed by atoms with van der Waals surface area (Å²) in [5.74, 6) is -1.12. The van der Waals surface area contributed by atoms with Gasteiger partial charge in [0.15, 0.2) is 0 Å². The summed E-state index contributed by atoms with van der Waals surface area (Å²) in [5, 5.41) is 11.0. The van der Waals surface area contributed by atoms with Crippen LogP contribution in [0.4, 0.5) is 10.1 Å². The van der Waals surface area contributed by atoms with Gasteiger partial charge in [-0.05, 0) is 36.1 Å². The van der Waals surface area contributed by atoms with E-state index in [-0.39, 0.29) is 17.9 Å². The number of esters is 1. The third-order valence-electron chi connectivity index (χ3n) is 2.87. The van der Waals surface area contributed by atoms with Gasteiger partial charge in [0.1, 0.15) is 12.4 Å². The van der Waals surface area contributed by atoms with Crippen LogP contribution < -0.4 is 0 Å². The number of nitro groups is 1. The number of carbonyl (C=O) groups excluding carboxylic acids is 1. The van der Waals surface area contributed by atoms with Crippen LogP contribution >= 0.6 is 11.8 Å². The molecule has 0 atom stereocenters. The highest BCUT2D eigenvalue weighted by molar-refractivity contribution is 7.98. The van der Waals surface area contributed by atoms with Gasteiger partial charge in [0.2, 0.25) is 0 Å². The number of rotatable bonds is 5. The topological polar surface area (TPSA) is 69.4 Å².